The summed E-state index contributed by atoms with van der Waals surface area (Å²) in [7, 11) is 0. The Morgan fingerprint density at radius 1 is 1.07 bits per heavy atom. The Morgan fingerprint density at radius 3 is 2.33 bits per heavy atom. The molecule has 1 aliphatic rings. The highest BCUT2D eigenvalue weighted by molar-refractivity contribution is 14.1. The summed E-state index contributed by atoms with van der Waals surface area (Å²) in [5.41, 5.74) is 1.55. The average molecular weight is 476 g/mol. The lowest BCUT2D eigenvalue weighted by molar-refractivity contribution is -0.123. The molecule has 0 bridgehead atoms. The number of nitrogens with one attached hydrogen (secondary N) is 1. The normalized spacial score (nSPS) is 18.7. The van der Waals surface area contributed by atoms with Gasteiger partial charge in [-0.3, -0.25) is 9.59 Å². The Labute approximate surface area is 174 Å². The molecule has 2 atom stereocenters. The number of carbonyl (C=O) groups excluding carboxylic acids is 2. The summed E-state index contributed by atoms with van der Waals surface area (Å²) >= 11 is 2.18. The van der Waals surface area contributed by atoms with E-state index in [1.165, 1.54) is 5.56 Å². The minimum Gasteiger partial charge on any atom is -0.350 e. The van der Waals surface area contributed by atoms with Crippen molar-refractivity contribution < 1.29 is 9.59 Å². The van der Waals surface area contributed by atoms with Gasteiger partial charge in [-0.25, -0.2) is 0 Å². The zero-order chi connectivity index (χ0) is 19.6. The van der Waals surface area contributed by atoms with Crippen LogP contribution in [0.1, 0.15) is 49.0 Å². The van der Waals surface area contributed by atoms with Crippen molar-refractivity contribution in [3.05, 3.63) is 69.3 Å². The van der Waals surface area contributed by atoms with Gasteiger partial charge < -0.3 is 10.2 Å². The number of carbonyl (C=O) groups is 2. The van der Waals surface area contributed by atoms with E-state index in [4.69, 9.17) is 0 Å². The van der Waals surface area contributed by atoms with E-state index in [2.05, 4.69) is 40.0 Å². The van der Waals surface area contributed by atoms with Gasteiger partial charge in [-0.05, 0) is 67.5 Å². The van der Waals surface area contributed by atoms with Gasteiger partial charge >= 0.3 is 0 Å². The van der Waals surface area contributed by atoms with Gasteiger partial charge in [0.1, 0.15) is 6.54 Å². The van der Waals surface area contributed by atoms with Crippen LogP contribution >= 0.6 is 22.6 Å². The van der Waals surface area contributed by atoms with Crippen molar-refractivity contribution in [3.63, 3.8) is 0 Å². The van der Waals surface area contributed by atoms with E-state index in [0.717, 1.165) is 9.99 Å². The second-order valence-corrected chi connectivity index (χ2v) is 9.19. The van der Waals surface area contributed by atoms with Crippen molar-refractivity contribution in [3.8, 4) is 0 Å². The summed E-state index contributed by atoms with van der Waals surface area (Å²) in [5, 5.41) is 2.97. The van der Waals surface area contributed by atoms with Gasteiger partial charge in [0.15, 0.2) is 0 Å². The molecule has 0 heterocycles. The maximum absolute atomic E-state index is 13.3. The third kappa shape index (κ3) is 5.09. The first-order chi connectivity index (χ1) is 12.8. The number of rotatable bonds is 5. The molecule has 0 radical (unpaired) electrons. The van der Waals surface area contributed by atoms with Crippen LogP contribution in [-0.2, 0) is 4.79 Å². The molecule has 1 saturated carbocycles. The summed E-state index contributed by atoms with van der Waals surface area (Å²) in [6.45, 7) is 5.92. The Morgan fingerprint density at radius 2 is 1.70 bits per heavy atom. The Bertz CT molecular complexity index is 830. The Hall–Kier alpha value is -1.89. The molecule has 1 fully saturated rings. The number of nitrogens with zero attached hydrogens (tertiary/aromatic N) is 1. The van der Waals surface area contributed by atoms with Crippen LogP contribution < -0.4 is 5.32 Å². The Kier molecular flexibility index (Phi) is 5.89. The lowest BCUT2D eigenvalue weighted by Gasteiger charge is -2.27. The van der Waals surface area contributed by atoms with E-state index < -0.39 is 0 Å². The maximum Gasteiger partial charge on any atom is 0.255 e. The minimum absolute atomic E-state index is 0.0571. The molecule has 3 rings (SSSR count). The summed E-state index contributed by atoms with van der Waals surface area (Å²) in [6, 6.07) is 17.8. The molecular weight excluding hydrogens is 451 g/mol. The molecule has 1 N–H and O–H groups in total. The van der Waals surface area contributed by atoms with E-state index in [-0.39, 0.29) is 29.9 Å². The van der Waals surface area contributed by atoms with E-state index in [9.17, 15) is 9.59 Å². The standard InChI is InChI=1S/C22H25IN2O2/c1-22(2,3)24-20(26)14-25(21(27)16-11-7-8-12-18(16)23)19-13-17(19)15-9-5-4-6-10-15/h4-12,17,19H,13-14H2,1-3H3,(H,24,26). The van der Waals surface area contributed by atoms with Crippen molar-refractivity contribution >= 4 is 34.4 Å². The highest BCUT2D eigenvalue weighted by atomic mass is 127. The van der Waals surface area contributed by atoms with Gasteiger partial charge in [-0.15, -0.1) is 0 Å². The van der Waals surface area contributed by atoms with E-state index in [1.54, 1.807) is 4.90 Å². The maximum atomic E-state index is 13.3. The topological polar surface area (TPSA) is 49.4 Å². The first-order valence-electron chi connectivity index (χ1n) is 9.18. The van der Waals surface area contributed by atoms with E-state index in [1.807, 2.05) is 63.2 Å². The predicted molar refractivity (Wildman–Crippen MR) is 116 cm³/mol. The van der Waals surface area contributed by atoms with Crippen LogP contribution in [0.4, 0.5) is 0 Å². The van der Waals surface area contributed by atoms with Gasteiger partial charge in [0, 0.05) is 21.1 Å². The third-order valence-electron chi connectivity index (χ3n) is 4.58. The monoisotopic (exact) mass is 476 g/mol. The molecule has 1 aliphatic carbocycles. The van der Waals surface area contributed by atoms with Gasteiger partial charge in [0.2, 0.25) is 5.91 Å². The van der Waals surface area contributed by atoms with Crippen LogP contribution in [0.15, 0.2) is 54.6 Å². The minimum atomic E-state index is -0.324. The van der Waals surface area contributed by atoms with Crippen molar-refractivity contribution in [1.82, 2.24) is 10.2 Å². The molecule has 2 amide bonds. The smallest absolute Gasteiger partial charge is 0.255 e. The van der Waals surface area contributed by atoms with Crippen molar-refractivity contribution in [2.24, 2.45) is 0 Å². The summed E-state index contributed by atoms with van der Waals surface area (Å²) in [5.74, 6) is 0.0898. The molecule has 2 aromatic carbocycles. The van der Waals surface area contributed by atoms with Crippen LogP contribution in [0.3, 0.4) is 0 Å². The third-order valence-corrected chi connectivity index (χ3v) is 5.52. The lowest BCUT2D eigenvalue weighted by Crippen LogP contribution is -2.48. The number of hydrogen-bond acceptors (Lipinski definition) is 2. The molecule has 2 unspecified atom stereocenters. The molecule has 0 aliphatic heterocycles. The van der Waals surface area contributed by atoms with Gasteiger partial charge in [0.05, 0.1) is 5.56 Å². The SMILES string of the molecule is CC(C)(C)NC(=O)CN(C(=O)c1ccccc1I)C1CC1c1ccccc1. The lowest BCUT2D eigenvalue weighted by atomic mass is 10.1. The fraction of sp³-hybridized carbons (Fsp3) is 0.364. The predicted octanol–water partition coefficient (Wildman–Crippen LogP) is 4.20. The van der Waals surface area contributed by atoms with Crippen LogP contribution in [0.2, 0.25) is 0 Å². The van der Waals surface area contributed by atoms with E-state index >= 15 is 0 Å². The summed E-state index contributed by atoms with van der Waals surface area (Å²) in [6.07, 6.45) is 0.891. The molecule has 0 aromatic heterocycles. The zero-order valence-corrected chi connectivity index (χ0v) is 18.1. The van der Waals surface area contributed by atoms with Crippen LogP contribution in [-0.4, -0.2) is 34.8 Å². The first-order valence-corrected chi connectivity index (χ1v) is 10.3. The second-order valence-electron chi connectivity index (χ2n) is 8.03. The molecule has 4 nitrogen and oxygen atoms in total. The van der Waals surface area contributed by atoms with Crippen molar-refractivity contribution in [2.75, 3.05) is 6.54 Å². The second kappa shape index (κ2) is 8.00. The summed E-state index contributed by atoms with van der Waals surface area (Å²) < 4.78 is 0.901. The first kappa shape index (κ1) is 19.9. The van der Waals surface area contributed by atoms with Crippen molar-refractivity contribution in [2.45, 2.75) is 44.7 Å². The van der Waals surface area contributed by atoms with E-state index in [0.29, 0.717) is 11.5 Å². The highest BCUT2D eigenvalue weighted by Crippen LogP contribution is 2.45. The number of amides is 2. The molecule has 5 heteroatoms. The average Bonchev–Trinajstić information content (AvgIpc) is 3.39. The molecule has 0 spiro atoms. The van der Waals surface area contributed by atoms with Crippen LogP contribution in [0.25, 0.3) is 0 Å². The summed E-state index contributed by atoms with van der Waals surface area (Å²) in [4.78, 5) is 27.6. The van der Waals surface area contributed by atoms with Gasteiger partial charge in [-0.2, -0.15) is 0 Å². The number of halogens is 1. The molecule has 2 aromatic rings. The fourth-order valence-electron chi connectivity index (χ4n) is 3.33. The highest BCUT2D eigenvalue weighted by Gasteiger charge is 2.45. The van der Waals surface area contributed by atoms with Crippen LogP contribution in [0, 0.1) is 3.57 Å². The number of benzene rings is 2. The zero-order valence-electron chi connectivity index (χ0n) is 15.9. The number of hydrogen-bond donors (Lipinski definition) is 1. The molecule has 0 saturated heterocycles. The van der Waals surface area contributed by atoms with Gasteiger partial charge in [0.25, 0.3) is 5.91 Å². The fourth-order valence-corrected chi connectivity index (χ4v) is 3.94. The largest absolute Gasteiger partial charge is 0.350 e. The molecular formula is C22H25IN2O2. The molecule has 142 valence electrons. The van der Waals surface area contributed by atoms with Crippen molar-refractivity contribution in [1.29, 1.82) is 0 Å². The quantitative estimate of drug-likeness (QED) is 0.658. The molecule has 27 heavy (non-hydrogen) atoms. The van der Waals surface area contributed by atoms with Crippen LogP contribution in [0.5, 0.6) is 0 Å². The Balaban J connectivity index is 1.83. The van der Waals surface area contributed by atoms with Gasteiger partial charge in [-0.1, -0.05) is 42.5 Å².